The average molecular weight is 505 g/mol. The van der Waals surface area contributed by atoms with Crippen molar-refractivity contribution in [3.8, 4) is 0 Å². The molecule has 0 saturated carbocycles. The van der Waals surface area contributed by atoms with Gasteiger partial charge in [-0.05, 0) is 75.0 Å². The number of benzene rings is 2. The molecule has 3 aromatic rings. The number of rotatable bonds is 6. The minimum atomic E-state index is -0.724. The van der Waals surface area contributed by atoms with E-state index in [1.54, 1.807) is 6.07 Å². The second-order valence-electron chi connectivity index (χ2n) is 9.40. The molecular formula is C27H32N6O2S. The van der Waals surface area contributed by atoms with Crippen LogP contribution in [0.15, 0.2) is 48.5 Å². The summed E-state index contributed by atoms with van der Waals surface area (Å²) in [5.74, 6) is -0.518. The van der Waals surface area contributed by atoms with E-state index in [0.717, 1.165) is 33.9 Å². The predicted molar refractivity (Wildman–Crippen MR) is 147 cm³/mol. The third-order valence-corrected chi connectivity index (χ3v) is 6.98. The molecule has 1 N–H and O–H groups in total. The molecule has 188 valence electrons. The lowest BCUT2D eigenvalue weighted by Crippen LogP contribution is -2.47. The third-order valence-electron chi connectivity index (χ3n) is 6.64. The Balaban J connectivity index is 1.66. The molecule has 1 aromatic heterocycles. The molecule has 0 aliphatic carbocycles. The summed E-state index contributed by atoms with van der Waals surface area (Å²) in [5.41, 5.74) is 6.28. The molecule has 1 aliphatic rings. The smallest absolute Gasteiger partial charge is 0.257 e. The zero-order chi connectivity index (χ0) is 26.1. The predicted octanol–water partition coefficient (Wildman–Crippen LogP) is 3.94. The number of amides is 2. The first-order valence-corrected chi connectivity index (χ1v) is 12.2. The van der Waals surface area contributed by atoms with Gasteiger partial charge >= 0.3 is 0 Å². The third kappa shape index (κ3) is 4.97. The SMILES string of the molecule is Cc1cccc(N2C(=O)C[C@H](N(Cc3c(C)nn(C)c3C)C(=S)Nc3ccc(N(C)C)cc3)C2=O)c1. The lowest BCUT2D eigenvalue weighted by molar-refractivity contribution is -0.122. The number of carbonyl (C=O) groups is 2. The zero-order valence-electron chi connectivity index (χ0n) is 21.6. The van der Waals surface area contributed by atoms with Crippen molar-refractivity contribution in [1.82, 2.24) is 14.7 Å². The van der Waals surface area contributed by atoms with Crippen LogP contribution < -0.4 is 15.1 Å². The summed E-state index contributed by atoms with van der Waals surface area (Å²) < 4.78 is 1.82. The molecule has 0 spiro atoms. The molecule has 0 bridgehead atoms. The van der Waals surface area contributed by atoms with Crippen LogP contribution in [0.1, 0.15) is 28.9 Å². The van der Waals surface area contributed by atoms with E-state index in [1.807, 2.05) is 98.9 Å². The lowest BCUT2D eigenvalue weighted by Gasteiger charge is -2.30. The van der Waals surface area contributed by atoms with Crippen molar-refractivity contribution in [1.29, 1.82) is 0 Å². The van der Waals surface area contributed by atoms with Crippen LogP contribution in [0.3, 0.4) is 0 Å². The highest BCUT2D eigenvalue weighted by Crippen LogP contribution is 2.29. The van der Waals surface area contributed by atoms with Crippen molar-refractivity contribution in [2.75, 3.05) is 29.2 Å². The van der Waals surface area contributed by atoms with E-state index in [9.17, 15) is 9.59 Å². The molecule has 2 aromatic carbocycles. The monoisotopic (exact) mass is 504 g/mol. The number of carbonyl (C=O) groups excluding carboxylic acids is 2. The van der Waals surface area contributed by atoms with Gasteiger partial charge in [0.05, 0.1) is 17.8 Å². The van der Waals surface area contributed by atoms with Gasteiger partial charge in [0, 0.05) is 50.3 Å². The number of aryl methyl sites for hydroxylation is 3. The maximum atomic E-state index is 13.7. The van der Waals surface area contributed by atoms with Crippen LogP contribution in [0.5, 0.6) is 0 Å². The molecular weight excluding hydrogens is 472 g/mol. The van der Waals surface area contributed by atoms with Crippen LogP contribution in [0, 0.1) is 20.8 Å². The molecule has 4 rings (SSSR count). The maximum absolute atomic E-state index is 13.7. The van der Waals surface area contributed by atoms with Crippen molar-refractivity contribution in [2.24, 2.45) is 7.05 Å². The minimum absolute atomic E-state index is 0.0481. The Bertz CT molecular complexity index is 1310. The van der Waals surface area contributed by atoms with Crippen molar-refractivity contribution < 1.29 is 9.59 Å². The first kappa shape index (κ1) is 25.4. The first-order valence-electron chi connectivity index (χ1n) is 11.8. The Morgan fingerprint density at radius 3 is 2.39 bits per heavy atom. The average Bonchev–Trinajstić information content (AvgIpc) is 3.25. The van der Waals surface area contributed by atoms with E-state index in [4.69, 9.17) is 12.2 Å². The molecule has 2 amide bonds. The quantitative estimate of drug-likeness (QED) is 0.403. The summed E-state index contributed by atoms with van der Waals surface area (Å²) in [4.78, 5) is 31.9. The summed E-state index contributed by atoms with van der Waals surface area (Å²) >= 11 is 5.83. The number of nitrogens with one attached hydrogen (secondary N) is 1. The summed E-state index contributed by atoms with van der Waals surface area (Å²) in [6.07, 6.45) is 0.0481. The lowest BCUT2D eigenvalue weighted by atomic mass is 10.1. The van der Waals surface area contributed by atoms with Gasteiger partial charge in [-0.1, -0.05) is 12.1 Å². The molecule has 36 heavy (non-hydrogen) atoms. The summed E-state index contributed by atoms with van der Waals surface area (Å²) in [5, 5.41) is 8.19. The largest absolute Gasteiger partial charge is 0.378 e. The molecule has 1 aliphatic heterocycles. The molecule has 9 heteroatoms. The van der Waals surface area contributed by atoms with Crippen molar-refractivity contribution in [3.63, 3.8) is 0 Å². The van der Waals surface area contributed by atoms with E-state index in [2.05, 4.69) is 10.4 Å². The van der Waals surface area contributed by atoms with Gasteiger partial charge in [0.2, 0.25) is 5.91 Å². The van der Waals surface area contributed by atoms with Crippen LogP contribution in [-0.2, 0) is 23.2 Å². The van der Waals surface area contributed by atoms with E-state index in [0.29, 0.717) is 17.3 Å². The standard InChI is InChI=1S/C27H32N6O2S/c1-17-8-7-9-22(14-17)33-25(34)15-24(26(33)35)32(16-23-18(2)29-31(6)19(23)3)27(36)28-20-10-12-21(13-11-20)30(4)5/h7-14,24H,15-16H2,1-6H3,(H,28,36)/t24-/m0/s1. The highest BCUT2D eigenvalue weighted by atomic mass is 32.1. The molecule has 8 nitrogen and oxygen atoms in total. The van der Waals surface area contributed by atoms with Gasteiger partial charge in [-0.25, -0.2) is 4.90 Å². The van der Waals surface area contributed by atoms with Gasteiger partial charge in [0.1, 0.15) is 6.04 Å². The Labute approximate surface area is 217 Å². The molecule has 1 atom stereocenters. The van der Waals surface area contributed by atoms with Crippen LogP contribution in [0.4, 0.5) is 17.1 Å². The Morgan fingerprint density at radius 1 is 1.11 bits per heavy atom. The number of hydrogen-bond acceptors (Lipinski definition) is 5. The van der Waals surface area contributed by atoms with E-state index < -0.39 is 6.04 Å². The molecule has 0 unspecified atom stereocenters. The summed E-state index contributed by atoms with van der Waals surface area (Å²) in [6, 6.07) is 14.6. The number of anilines is 3. The van der Waals surface area contributed by atoms with Gasteiger partial charge in [-0.3, -0.25) is 14.3 Å². The first-order chi connectivity index (χ1) is 17.1. The normalized spacial score (nSPS) is 15.4. The van der Waals surface area contributed by atoms with E-state index in [1.165, 1.54) is 4.90 Å². The summed E-state index contributed by atoms with van der Waals surface area (Å²) in [7, 11) is 5.86. The van der Waals surface area contributed by atoms with Crippen molar-refractivity contribution in [2.45, 2.75) is 39.8 Å². The van der Waals surface area contributed by atoms with Crippen LogP contribution in [0.2, 0.25) is 0 Å². The fourth-order valence-electron chi connectivity index (χ4n) is 4.48. The highest BCUT2D eigenvalue weighted by Gasteiger charge is 2.44. The Kier molecular flexibility index (Phi) is 7.12. The van der Waals surface area contributed by atoms with Gasteiger partial charge in [0.25, 0.3) is 5.91 Å². The number of imide groups is 1. The molecule has 0 radical (unpaired) electrons. The van der Waals surface area contributed by atoms with Crippen molar-refractivity contribution in [3.05, 3.63) is 71.0 Å². The van der Waals surface area contributed by atoms with Gasteiger partial charge < -0.3 is 15.1 Å². The Hall–Kier alpha value is -3.72. The number of hydrogen-bond donors (Lipinski definition) is 1. The fourth-order valence-corrected chi connectivity index (χ4v) is 4.79. The maximum Gasteiger partial charge on any atom is 0.257 e. The number of thiocarbonyl (C=S) groups is 1. The van der Waals surface area contributed by atoms with Crippen LogP contribution in [0.25, 0.3) is 0 Å². The molecule has 1 fully saturated rings. The van der Waals surface area contributed by atoms with Crippen molar-refractivity contribution >= 4 is 46.2 Å². The minimum Gasteiger partial charge on any atom is -0.378 e. The van der Waals surface area contributed by atoms with Gasteiger partial charge in [-0.15, -0.1) is 0 Å². The van der Waals surface area contributed by atoms with E-state index >= 15 is 0 Å². The second-order valence-corrected chi connectivity index (χ2v) is 9.79. The fraction of sp³-hybridized carbons (Fsp3) is 0.333. The zero-order valence-corrected chi connectivity index (χ0v) is 22.4. The second kappa shape index (κ2) is 10.1. The van der Waals surface area contributed by atoms with Gasteiger partial charge in [-0.2, -0.15) is 5.10 Å². The van der Waals surface area contributed by atoms with E-state index in [-0.39, 0.29) is 18.2 Å². The van der Waals surface area contributed by atoms with Crippen LogP contribution >= 0.6 is 12.2 Å². The molecule has 2 heterocycles. The van der Waals surface area contributed by atoms with Crippen LogP contribution in [-0.4, -0.2) is 51.7 Å². The van der Waals surface area contributed by atoms with Gasteiger partial charge in [0.15, 0.2) is 5.11 Å². The number of aromatic nitrogens is 2. The highest BCUT2D eigenvalue weighted by molar-refractivity contribution is 7.80. The topological polar surface area (TPSA) is 73.7 Å². The molecule has 1 saturated heterocycles. The summed E-state index contributed by atoms with van der Waals surface area (Å²) in [6.45, 7) is 6.23. The Morgan fingerprint density at radius 2 is 1.81 bits per heavy atom. The number of nitrogens with zero attached hydrogens (tertiary/aromatic N) is 5.